The Bertz CT molecular complexity index is 1040. The molecule has 0 N–H and O–H groups in total. The monoisotopic (exact) mass is 412 g/mol. The molecule has 2 aliphatic rings. The molecular formula is C21H21ClN4OS. The molecule has 3 aromatic rings. The summed E-state index contributed by atoms with van der Waals surface area (Å²) in [6.07, 6.45) is 5.61. The molecule has 1 aromatic carbocycles. The molecule has 5 rings (SSSR count). The summed E-state index contributed by atoms with van der Waals surface area (Å²) in [5, 5.41) is 1.92. The van der Waals surface area contributed by atoms with E-state index in [4.69, 9.17) is 11.6 Å². The molecule has 0 saturated carbocycles. The lowest BCUT2D eigenvalue weighted by Gasteiger charge is -2.35. The molecule has 144 valence electrons. The normalized spacial score (nSPS) is 16.6. The van der Waals surface area contributed by atoms with Crippen molar-refractivity contribution in [3.05, 3.63) is 51.6 Å². The first-order valence-electron chi connectivity index (χ1n) is 9.71. The number of amides is 1. The molecule has 1 saturated heterocycles. The van der Waals surface area contributed by atoms with Gasteiger partial charge >= 0.3 is 0 Å². The van der Waals surface area contributed by atoms with Crippen molar-refractivity contribution in [3.8, 4) is 0 Å². The third kappa shape index (κ3) is 3.25. The summed E-state index contributed by atoms with van der Waals surface area (Å²) >= 11 is 7.86. The lowest BCUT2D eigenvalue weighted by Crippen LogP contribution is -2.49. The van der Waals surface area contributed by atoms with E-state index in [9.17, 15) is 4.79 Å². The number of halogens is 1. The van der Waals surface area contributed by atoms with Crippen molar-refractivity contribution in [2.75, 3.05) is 31.1 Å². The van der Waals surface area contributed by atoms with Crippen LogP contribution in [0.1, 0.15) is 22.4 Å². The van der Waals surface area contributed by atoms with E-state index < -0.39 is 0 Å². The average Bonchev–Trinajstić information content (AvgIpc) is 3.29. The van der Waals surface area contributed by atoms with Gasteiger partial charge in [0.15, 0.2) is 0 Å². The summed E-state index contributed by atoms with van der Waals surface area (Å²) in [6, 6.07) is 7.54. The highest BCUT2D eigenvalue weighted by Gasteiger charge is 2.27. The number of fused-ring (bicyclic) bond motifs is 3. The fraction of sp³-hybridized carbons (Fsp3) is 0.381. The Hall–Kier alpha value is -2.18. The van der Waals surface area contributed by atoms with Crippen LogP contribution in [0.5, 0.6) is 0 Å². The standard InChI is InChI=1S/C21H21ClN4OS/c22-15-4-1-3-14(11-15)12-18(27)25-7-9-26(10-8-25)20-19-16-5-2-6-17(16)28-21(19)24-13-23-20/h1,3-4,11,13H,2,5-10,12H2. The van der Waals surface area contributed by atoms with Crippen molar-refractivity contribution in [1.82, 2.24) is 14.9 Å². The molecule has 1 amide bonds. The van der Waals surface area contributed by atoms with Crippen LogP contribution >= 0.6 is 22.9 Å². The third-order valence-electron chi connectivity index (χ3n) is 5.66. The van der Waals surface area contributed by atoms with Gasteiger partial charge in [0.2, 0.25) is 5.91 Å². The molecule has 0 spiro atoms. The van der Waals surface area contributed by atoms with Gasteiger partial charge in [-0.05, 0) is 42.5 Å². The predicted octanol–water partition coefficient (Wildman–Crippen LogP) is 3.72. The molecule has 1 fully saturated rings. The molecule has 7 heteroatoms. The van der Waals surface area contributed by atoms with Crippen LogP contribution in [0.25, 0.3) is 10.2 Å². The molecular weight excluding hydrogens is 392 g/mol. The summed E-state index contributed by atoms with van der Waals surface area (Å²) in [6.45, 7) is 3.05. The highest BCUT2D eigenvalue weighted by molar-refractivity contribution is 7.19. The second kappa shape index (κ2) is 7.33. The van der Waals surface area contributed by atoms with Crippen LogP contribution in [0.15, 0.2) is 30.6 Å². The van der Waals surface area contributed by atoms with Crippen LogP contribution in [-0.2, 0) is 24.1 Å². The number of hydrogen-bond acceptors (Lipinski definition) is 5. The minimum absolute atomic E-state index is 0.158. The predicted molar refractivity (Wildman–Crippen MR) is 113 cm³/mol. The Kier molecular flexibility index (Phi) is 4.69. The SMILES string of the molecule is O=C(Cc1cccc(Cl)c1)N1CCN(c2ncnc3sc4c(c23)CCC4)CC1. The number of carbonyl (C=O) groups excluding carboxylic acids is 1. The number of thiophene rings is 1. The van der Waals surface area contributed by atoms with Crippen molar-refractivity contribution < 1.29 is 4.79 Å². The molecule has 1 aliphatic heterocycles. The van der Waals surface area contributed by atoms with E-state index in [1.807, 2.05) is 40.5 Å². The largest absolute Gasteiger partial charge is 0.352 e. The lowest BCUT2D eigenvalue weighted by molar-refractivity contribution is -0.130. The van der Waals surface area contributed by atoms with Gasteiger partial charge in [-0.15, -0.1) is 11.3 Å². The molecule has 0 bridgehead atoms. The maximum atomic E-state index is 12.7. The number of hydrogen-bond donors (Lipinski definition) is 0. The molecule has 28 heavy (non-hydrogen) atoms. The fourth-order valence-electron chi connectivity index (χ4n) is 4.25. The molecule has 0 atom stereocenters. The Morgan fingerprint density at radius 1 is 1.14 bits per heavy atom. The summed E-state index contributed by atoms with van der Waals surface area (Å²) in [5.74, 6) is 1.21. The van der Waals surface area contributed by atoms with Crippen molar-refractivity contribution >= 4 is 44.9 Å². The summed E-state index contributed by atoms with van der Waals surface area (Å²) in [4.78, 5) is 28.7. The summed E-state index contributed by atoms with van der Waals surface area (Å²) < 4.78 is 0. The Balaban J connectivity index is 1.30. The van der Waals surface area contributed by atoms with Crippen LogP contribution in [0.4, 0.5) is 5.82 Å². The van der Waals surface area contributed by atoms with Crippen molar-refractivity contribution in [2.24, 2.45) is 0 Å². The Labute approximate surface area is 173 Å². The van der Waals surface area contributed by atoms with Gasteiger partial charge in [-0.1, -0.05) is 23.7 Å². The van der Waals surface area contributed by atoms with E-state index in [-0.39, 0.29) is 5.91 Å². The lowest BCUT2D eigenvalue weighted by atomic mass is 10.1. The van der Waals surface area contributed by atoms with E-state index in [1.54, 1.807) is 6.33 Å². The minimum atomic E-state index is 0.158. The van der Waals surface area contributed by atoms with Crippen LogP contribution in [-0.4, -0.2) is 47.0 Å². The summed E-state index contributed by atoms with van der Waals surface area (Å²) in [5.41, 5.74) is 2.42. The highest BCUT2D eigenvalue weighted by atomic mass is 35.5. The van der Waals surface area contributed by atoms with Gasteiger partial charge < -0.3 is 9.80 Å². The molecule has 1 aliphatic carbocycles. The van der Waals surface area contributed by atoms with Crippen LogP contribution in [0, 0.1) is 0 Å². The fourth-order valence-corrected chi connectivity index (χ4v) is 5.69. The van der Waals surface area contributed by atoms with Crippen LogP contribution < -0.4 is 4.90 Å². The zero-order chi connectivity index (χ0) is 19.1. The molecule has 5 nitrogen and oxygen atoms in total. The number of piperazine rings is 1. The second-order valence-electron chi connectivity index (χ2n) is 7.41. The van der Waals surface area contributed by atoms with E-state index in [0.29, 0.717) is 11.4 Å². The van der Waals surface area contributed by atoms with E-state index >= 15 is 0 Å². The smallest absolute Gasteiger partial charge is 0.227 e. The van der Waals surface area contributed by atoms with E-state index in [0.717, 1.165) is 48.8 Å². The molecule has 0 radical (unpaired) electrons. The van der Waals surface area contributed by atoms with Crippen molar-refractivity contribution in [3.63, 3.8) is 0 Å². The van der Waals surface area contributed by atoms with E-state index in [1.165, 1.54) is 28.7 Å². The number of aryl methyl sites for hydroxylation is 2. The first kappa shape index (κ1) is 17.9. The van der Waals surface area contributed by atoms with Gasteiger partial charge in [0.1, 0.15) is 17.0 Å². The number of rotatable bonds is 3. The first-order valence-corrected chi connectivity index (χ1v) is 10.9. The number of aromatic nitrogens is 2. The number of carbonyl (C=O) groups is 1. The zero-order valence-electron chi connectivity index (χ0n) is 15.5. The van der Waals surface area contributed by atoms with E-state index in [2.05, 4.69) is 14.9 Å². The number of nitrogens with zero attached hydrogens (tertiary/aromatic N) is 4. The van der Waals surface area contributed by atoms with Gasteiger partial charge in [0, 0.05) is 36.1 Å². The zero-order valence-corrected chi connectivity index (χ0v) is 17.1. The van der Waals surface area contributed by atoms with Crippen LogP contribution in [0.3, 0.4) is 0 Å². The molecule has 2 aromatic heterocycles. The van der Waals surface area contributed by atoms with Crippen LogP contribution in [0.2, 0.25) is 5.02 Å². The third-order valence-corrected chi connectivity index (χ3v) is 7.09. The Morgan fingerprint density at radius 3 is 2.82 bits per heavy atom. The average molecular weight is 413 g/mol. The topological polar surface area (TPSA) is 49.3 Å². The second-order valence-corrected chi connectivity index (χ2v) is 8.93. The van der Waals surface area contributed by atoms with Gasteiger partial charge in [0.05, 0.1) is 11.8 Å². The van der Waals surface area contributed by atoms with Gasteiger partial charge in [-0.25, -0.2) is 9.97 Å². The van der Waals surface area contributed by atoms with Gasteiger partial charge in [-0.3, -0.25) is 4.79 Å². The minimum Gasteiger partial charge on any atom is -0.352 e. The van der Waals surface area contributed by atoms with Crippen molar-refractivity contribution in [2.45, 2.75) is 25.7 Å². The molecule has 0 unspecified atom stereocenters. The van der Waals surface area contributed by atoms with Crippen molar-refractivity contribution in [1.29, 1.82) is 0 Å². The first-order chi connectivity index (χ1) is 13.7. The number of anilines is 1. The quantitative estimate of drug-likeness (QED) is 0.657. The number of benzene rings is 1. The van der Waals surface area contributed by atoms with Gasteiger partial charge in [0.25, 0.3) is 0 Å². The maximum Gasteiger partial charge on any atom is 0.227 e. The Morgan fingerprint density at radius 2 is 2.00 bits per heavy atom. The summed E-state index contributed by atoms with van der Waals surface area (Å²) in [7, 11) is 0. The highest BCUT2D eigenvalue weighted by Crippen LogP contribution is 2.40. The van der Waals surface area contributed by atoms with Gasteiger partial charge in [-0.2, -0.15) is 0 Å². The molecule has 3 heterocycles. The maximum absolute atomic E-state index is 12.7.